The van der Waals surface area contributed by atoms with Crippen molar-refractivity contribution in [2.45, 2.75) is 26.3 Å². The Morgan fingerprint density at radius 3 is 2.76 bits per heavy atom. The molecule has 4 heteroatoms. The molecule has 3 nitrogen and oxygen atoms in total. The molecule has 0 aliphatic rings. The van der Waals surface area contributed by atoms with Crippen molar-refractivity contribution in [3.63, 3.8) is 0 Å². The highest BCUT2D eigenvalue weighted by Gasteiger charge is 2.10. The number of nitrogens with one attached hydrogen (secondary N) is 1. The molecule has 1 rings (SSSR count). The van der Waals surface area contributed by atoms with Gasteiger partial charge in [-0.15, -0.1) is 0 Å². The molecular weight excluding hydrogens is 221 g/mol. The van der Waals surface area contributed by atoms with Gasteiger partial charge in [0.05, 0.1) is 13.7 Å². The van der Waals surface area contributed by atoms with E-state index in [1.165, 1.54) is 19.2 Å². The van der Waals surface area contributed by atoms with Crippen LogP contribution in [0.2, 0.25) is 0 Å². The van der Waals surface area contributed by atoms with E-state index < -0.39 is 5.82 Å². The summed E-state index contributed by atoms with van der Waals surface area (Å²) in [5.41, 5.74) is 0.360. The van der Waals surface area contributed by atoms with Crippen LogP contribution < -0.4 is 10.1 Å². The second-order valence-electron chi connectivity index (χ2n) is 3.96. The van der Waals surface area contributed by atoms with Gasteiger partial charge in [-0.3, -0.25) is 4.79 Å². The number of carbonyl (C=O) groups excluding carboxylic acids is 1. The zero-order chi connectivity index (χ0) is 12.8. The van der Waals surface area contributed by atoms with Crippen molar-refractivity contribution in [3.05, 3.63) is 29.6 Å². The van der Waals surface area contributed by atoms with Gasteiger partial charge in [-0.25, -0.2) is 4.39 Å². The molecule has 1 aromatic rings. The Hall–Kier alpha value is -1.42. The monoisotopic (exact) mass is 239 g/mol. The molecule has 0 bridgehead atoms. The topological polar surface area (TPSA) is 38.3 Å². The molecule has 94 valence electrons. The highest BCUT2D eigenvalue weighted by molar-refractivity contribution is 5.97. The van der Waals surface area contributed by atoms with Crippen LogP contribution in [0.25, 0.3) is 0 Å². The highest BCUT2D eigenvalue weighted by atomic mass is 19.1. The predicted molar refractivity (Wildman–Crippen MR) is 65.0 cm³/mol. The number of Topliss-reactive ketones (excluding diaryl/α,β-unsaturated/α-hetero) is 1. The van der Waals surface area contributed by atoms with E-state index in [1.54, 1.807) is 6.07 Å². The van der Waals surface area contributed by atoms with Crippen LogP contribution in [0.4, 0.5) is 4.39 Å². The van der Waals surface area contributed by atoms with Gasteiger partial charge >= 0.3 is 0 Å². The van der Waals surface area contributed by atoms with Crippen LogP contribution in [0.1, 0.15) is 30.6 Å². The third-order valence-corrected chi connectivity index (χ3v) is 2.70. The van der Waals surface area contributed by atoms with Crippen molar-refractivity contribution in [1.82, 2.24) is 5.32 Å². The zero-order valence-electron chi connectivity index (χ0n) is 10.4. The van der Waals surface area contributed by atoms with E-state index in [-0.39, 0.29) is 24.1 Å². The first kappa shape index (κ1) is 13.6. The first-order valence-corrected chi connectivity index (χ1v) is 5.68. The molecule has 0 aliphatic carbocycles. The highest BCUT2D eigenvalue weighted by Crippen LogP contribution is 2.17. The molecule has 1 aromatic carbocycles. The first-order chi connectivity index (χ1) is 8.08. The Bertz CT molecular complexity index is 393. The van der Waals surface area contributed by atoms with Crippen LogP contribution in [-0.2, 0) is 0 Å². The number of halogens is 1. The van der Waals surface area contributed by atoms with Gasteiger partial charge in [0.15, 0.2) is 17.3 Å². The molecule has 0 radical (unpaired) electrons. The number of carbonyl (C=O) groups is 1. The fourth-order valence-electron chi connectivity index (χ4n) is 1.35. The Morgan fingerprint density at radius 2 is 2.24 bits per heavy atom. The van der Waals surface area contributed by atoms with Crippen molar-refractivity contribution in [2.75, 3.05) is 13.7 Å². The quantitative estimate of drug-likeness (QED) is 0.775. The van der Waals surface area contributed by atoms with E-state index in [9.17, 15) is 9.18 Å². The van der Waals surface area contributed by atoms with Gasteiger partial charge in [-0.2, -0.15) is 0 Å². The van der Waals surface area contributed by atoms with Gasteiger partial charge < -0.3 is 10.1 Å². The van der Waals surface area contributed by atoms with E-state index in [2.05, 4.69) is 5.32 Å². The summed E-state index contributed by atoms with van der Waals surface area (Å²) in [5.74, 6) is -0.481. The van der Waals surface area contributed by atoms with Crippen molar-refractivity contribution >= 4 is 5.78 Å². The maximum atomic E-state index is 13.4. The number of hydrogen-bond donors (Lipinski definition) is 1. The third kappa shape index (κ3) is 3.82. The molecule has 0 fully saturated rings. The summed E-state index contributed by atoms with van der Waals surface area (Å²) in [5, 5.41) is 3.08. The van der Waals surface area contributed by atoms with Gasteiger partial charge in [0.1, 0.15) is 0 Å². The third-order valence-electron chi connectivity index (χ3n) is 2.70. The fourth-order valence-corrected chi connectivity index (χ4v) is 1.35. The van der Waals surface area contributed by atoms with Crippen LogP contribution in [0.3, 0.4) is 0 Å². The lowest BCUT2D eigenvalue weighted by atomic mass is 10.1. The number of rotatable bonds is 6. The lowest BCUT2D eigenvalue weighted by Crippen LogP contribution is -2.30. The van der Waals surface area contributed by atoms with Crippen molar-refractivity contribution in [2.24, 2.45) is 0 Å². The van der Waals surface area contributed by atoms with E-state index in [4.69, 9.17) is 4.74 Å². The van der Waals surface area contributed by atoms with Crippen molar-refractivity contribution < 1.29 is 13.9 Å². The van der Waals surface area contributed by atoms with Gasteiger partial charge in [0, 0.05) is 11.6 Å². The van der Waals surface area contributed by atoms with E-state index in [1.807, 2.05) is 13.8 Å². The molecule has 0 saturated heterocycles. The number of hydrogen-bond acceptors (Lipinski definition) is 3. The van der Waals surface area contributed by atoms with Crippen LogP contribution in [0.15, 0.2) is 18.2 Å². The van der Waals surface area contributed by atoms with Crippen LogP contribution in [-0.4, -0.2) is 25.5 Å². The molecule has 1 unspecified atom stereocenters. The molecule has 1 N–H and O–H groups in total. The van der Waals surface area contributed by atoms with Crippen LogP contribution in [0, 0.1) is 5.82 Å². The van der Waals surface area contributed by atoms with E-state index in [0.717, 1.165) is 6.42 Å². The fraction of sp³-hybridized carbons (Fsp3) is 0.462. The molecule has 0 aromatic heterocycles. The number of methoxy groups -OCH3 is 1. The number of ketones is 1. The largest absolute Gasteiger partial charge is 0.494 e. The van der Waals surface area contributed by atoms with Crippen LogP contribution in [0.5, 0.6) is 5.75 Å². The summed E-state index contributed by atoms with van der Waals surface area (Å²) in [4.78, 5) is 11.7. The van der Waals surface area contributed by atoms with Gasteiger partial charge in [0.2, 0.25) is 0 Å². The minimum Gasteiger partial charge on any atom is -0.494 e. The van der Waals surface area contributed by atoms with Crippen molar-refractivity contribution in [3.8, 4) is 5.75 Å². The second-order valence-corrected chi connectivity index (χ2v) is 3.96. The smallest absolute Gasteiger partial charge is 0.176 e. The maximum absolute atomic E-state index is 13.4. The van der Waals surface area contributed by atoms with E-state index >= 15 is 0 Å². The number of ether oxygens (including phenoxy) is 1. The second kappa shape index (κ2) is 6.35. The Labute approximate surface area is 101 Å². The molecule has 17 heavy (non-hydrogen) atoms. The molecule has 1 atom stereocenters. The molecule has 0 heterocycles. The Kier molecular flexibility index (Phi) is 5.10. The average Bonchev–Trinajstić information content (AvgIpc) is 2.35. The summed E-state index contributed by atoms with van der Waals surface area (Å²) in [6.07, 6.45) is 0.949. The predicted octanol–water partition coefficient (Wildman–Crippen LogP) is 2.41. The molecule has 0 spiro atoms. The Morgan fingerprint density at radius 1 is 1.53 bits per heavy atom. The molecular formula is C13H18FNO2. The lowest BCUT2D eigenvalue weighted by molar-refractivity contribution is 0.0987. The standard InChI is InChI=1S/C13H18FNO2/c1-4-9(2)15-8-12(16)10-5-6-13(17-3)11(14)7-10/h5-7,9,15H,4,8H2,1-3H3. The summed E-state index contributed by atoms with van der Waals surface area (Å²) in [7, 11) is 1.39. The van der Waals surface area contributed by atoms with Gasteiger partial charge in [0.25, 0.3) is 0 Å². The minimum absolute atomic E-state index is 0.119. The van der Waals surface area contributed by atoms with Gasteiger partial charge in [-0.05, 0) is 31.5 Å². The summed E-state index contributed by atoms with van der Waals surface area (Å²) < 4.78 is 18.2. The lowest BCUT2D eigenvalue weighted by Gasteiger charge is -2.10. The molecule has 0 saturated carbocycles. The molecule has 0 aliphatic heterocycles. The van der Waals surface area contributed by atoms with Crippen LogP contribution >= 0.6 is 0 Å². The van der Waals surface area contributed by atoms with E-state index in [0.29, 0.717) is 5.56 Å². The summed E-state index contributed by atoms with van der Waals surface area (Å²) in [6, 6.07) is 4.52. The maximum Gasteiger partial charge on any atom is 0.176 e. The summed E-state index contributed by atoms with van der Waals surface area (Å²) in [6.45, 7) is 4.26. The molecule has 0 amide bonds. The van der Waals surface area contributed by atoms with Gasteiger partial charge in [-0.1, -0.05) is 6.92 Å². The Balaban J connectivity index is 2.66. The summed E-state index contributed by atoms with van der Waals surface area (Å²) >= 11 is 0. The SMILES string of the molecule is CCC(C)NCC(=O)c1ccc(OC)c(F)c1. The van der Waals surface area contributed by atoms with Crippen molar-refractivity contribution in [1.29, 1.82) is 0 Å². The average molecular weight is 239 g/mol. The normalized spacial score (nSPS) is 12.2. The minimum atomic E-state index is -0.512. The number of benzene rings is 1. The zero-order valence-corrected chi connectivity index (χ0v) is 10.4. The first-order valence-electron chi connectivity index (χ1n) is 5.68.